The molecule has 0 spiro atoms. The highest BCUT2D eigenvalue weighted by Gasteiger charge is 2.21. The lowest BCUT2D eigenvalue weighted by Gasteiger charge is -2.37. The van der Waals surface area contributed by atoms with Crippen LogP contribution in [0.25, 0.3) is 0 Å². The summed E-state index contributed by atoms with van der Waals surface area (Å²) in [6.07, 6.45) is 2.66. The van der Waals surface area contributed by atoms with Crippen molar-refractivity contribution in [1.29, 1.82) is 0 Å². The minimum atomic E-state index is -2.58. The van der Waals surface area contributed by atoms with Gasteiger partial charge in [-0.25, -0.2) is 4.98 Å². The molecule has 6 nitrogen and oxygen atoms in total. The molecule has 2 aromatic heterocycles. The first-order valence-corrected chi connectivity index (χ1v) is 8.61. The molecule has 24 heavy (non-hydrogen) atoms. The summed E-state index contributed by atoms with van der Waals surface area (Å²) in [6, 6.07) is 4.18. The maximum absolute atomic E-state index is 12.8. The molecule has 0 bridgehead atoms. The van der Waals surface area contributed by atoms with Crippen LogP contribution in [0.2, 0.25) is 0 Å². The zero-order valence-corrected chi connectivity index (χ0v) is 14.2. The molecule has 0 radical (unpaired) electrons. The summed E-state index contributed by atoms with van der Waals surface area (Å²) in [5.41, 5.74) is 0. The summed E-state index contributed by atoms with van der Waals surface area (Å²) in [7, 11) is 1.70. The normalized spacial score (nSPS) is 16.1. The predicted molar refractivity (Wildman–Crippen MR) is 91.8 cm³/mol. The maximum atomic E-state index is 12.8. The van der Waals surface area contributed by atoms with Crippen molar-refractivity contribution in [2.45, 2.75) is 13.1 Å². The van der Waals surface area contributed by atoms with Gasteiger partial charge in [0, 0.05) is 45.6 Å². The summed E-state index contributed by atoms with van der Waals surface area (Å²) in [6.45, 7) is 1.12. The summed E-state index contributed by atoms with van der Waals surface area (Å²) < 4.78 is 26.6. The van der Waals surface area contributed by atoms with E-state index < -0.39 is 6.55 Å². The fraction of sp³-hybridized carbons (Fsp3) is 0.467. The molecular formula is C15H20F2N6S. The smallest absolute Gasteiger partial charge is 0.319 e. The van der Waals surface area contributed by atoms with Crippen LogP contribution in [0.15, 0.2) is 34.9 Å². The lowest BCUT2D eigenvalue weighted by Crippen LogP contribution is -2.52. The third-order valence-corrected chi connectivity index (χ3v) is 4.90. The highest BCUT2D eigenvalue weighted by molar-refractivity contribution is 7.14. The minimum Gasteiger partial charge on any atom is -0.360 e. The molecule has 3 heterocycles. The molecule has 130 valence electrons. The largest absolute Gasteiger partial charge is 0.360 e. The van der Waals surface area contributed by atoms with Crippen LogP contribution in [0.5, 0.6) is 0 Å². The van der Waals surface area contributed by atoms with Crippen LogP contribution >= 0.6 is 11.3 Å². The SMILES string of the molecule is CN=C(NCc1nccn1C(F)F)N1CCN(c2cccs2)CC1. The molecule has 0 amide bonds. The molecule has 0 atom stereocenters. The molecule has 1 aliphatic heterocycles. The van der Waals surface area contributed by atoms with Crippen LogP contribution < -0.4 is 10.2 Å². The van der Waals surface area contributed by atoms with Gasteiger partial charge in [-0.2, -0.15) is 8.78 Å². The second-order valence-corrected chi connectivity index (χ2v) is 6.28. The Bertz CT molecular complexity index is 661. The Morgan fingerprint density at radius 2 is 2.17 bits per heavy atom. The Morgan fingerprint density at radius 1 is 1.38 bits per heavy atom. The summed E-state index contributed by atoms with van der Waals surface area (Å²) in [4.78, 5) is 12.7. The first-order valence-electron chi connectivity index (χ1n) is 7.73. The monoisotopic (exact) mass is 354 g/mol. The van der Waals surface area contributed by atoms with Gasteiger partial charge in [0.1, 0.15) is 5.82 Å². The van der Waals surface area contributed by atoms with Crippen molar-refractivity contribution in [2.75, 3.05) is 38.1 Å². The molecule has 1 aliphatic rings. The third-order valence-electron chi connectivity index (χ3n) is 3.97. The molecule has 3 rings (SSSR count). The Balaban J connectivity index is 1.55. The number of rotatable bonds is 4. The first kappa shape index (κ1) is 16.7. The summed E-state index contributed by atoms with van der Waals surface area (Å²) in [5, 5.41) is 6.48. The molecule has 9 heteroatoms. The van der Waals surface area contributed by atoms with Crippen LogP contribution in [-0.4, -0.2) is 53.6 Å². The minimum absolute atomic E-state index is 0.217. The highest BCUT2D eigenvalue weighted by Crippen LogP contribution is 2.22. The zero-order valence-electron chi connectivity index (χ0n) is 13.4. The molecule has 0 aromatic carbocycles. The molecule has 0 unspecified atom stereocenters. The fourth-order valence-electron chi connectivity index (χ4n) is 2.74. The number of nitrogens with one attached hydrogen (secondary N) is 1. The van der Waals surface area contributed by atoms with Gasteiger partial charge in [-0.3, -0.25) is 9.56 Å². The van der Waals surface area contributed by atoms with Gasteiger partial charge in [0.05, 0.1) is 11.5 Å². The molecule has 2 aromatic rings. The van der Waals surface area contributed by atoms with E-state index in [1.54, 1.807) is 18.4 Å². The van der Waals surface area contributed by atoms with Gasteiger partial charge in [0.15, 0.2) is 5.96 Å². The topological polar surface area (TPSA) is 48.7 Å². The van der Waals surface area contributed by atoms with Gasteiger partial charge in [-0.1, -0.05) is 0 Å². The molecule has 0 saturated carbocycles. The van der Waals surface area contributed by atoms with Crippen LogP contribution in [0.1, 0.15) is 12.4 Å². The molecule has 1 N–H and O–H groups in total. The van der Waals surface area contributed by atoms with E-state index in [2.05, 4.69) is 42.6 Å². The van der Waals surface area contributed by atoms with Crippen molar-refractivity contribution in [3.8, 4) is 0 Å². The fourth-order valence-corrected chi connectivity index (χ4v) is 3.52. The third kappa shape index (κ3) is 3.66. The number of piperazine rings is 1. The maximum Gasteiger partial charge on any atom is 0.319 e. The van der Waals surface area contributed by atoms with E-state index in [9.17, 15) is 8.78 Å². The quantitative estimate of drug-likeness (QED) is 0.676. The second kappa shape index (κ2) is 7.61. The van der Waals surface area contributed by atoms with E-state index in [0.717, 1.165) is 30.7 Å². The average Bonchev–Trinajstić information content (AvgIpc) is 3.28. The van der Waals surface area contributed by atoms with Crippen molar-refractivity contribution in [1.82, 2.24) is 19.8 Å². The van der Waals surface area contributed by atoms with Gasteiger partial charge >= 0.3 is 6.55 Å². The van der Waals surface area contributed by atoms with Gasteiger partial charge in [0.25, 0.3) is 0 Å². The zero-order chi connectivity index (χ0) is 16.9. The lowest BCUT2D eigenvalue weighted by atomic mass is 10.3. The van der Waals surface area contributed by atoms with Crippen molar-refractivity contribution >= 4 is 22.3 Å². The van der Waals surface area contributed by atoms with Gasteiger partial charge < -0.3 is 15.1 Å². The predicted octanol–water partition coefficient (Wildman–Crippen LogP) is 2.24. The van der Waals surface area contributed by atoms with Crippen molar-refractivity contribution < 1.29 is 8.78 Å². The number of aromatic nitrogens is 2. The highest BCUT2D eigenvalue weighted by atomic mass is 32.1. The number of thiophene rings is 1. The van der Waals surface area contributed by atoms with Crippen molar-refractivity contribution in [3.63, 3.8) is 0 Å². The van der Waals surface area contributed by atoms with Gasteiger partial charge in [-0.05, 0) is 17.5 Å². The Morgan fingerprint density at radius 3 is 2.79 bits per heavy atom. The standard InChI is InChI=1S/C15H20F2N6S/c1-18-15(20-11-12-19-4-5-23(12)14(16)17)22-8-6-21(7-9-22)13-3-2-10-24-13/h2-5,10,14H,6-9,11H2,1H3,(H,18,20). The van der Waals surface area contributed by atoms with Crippen LogP contribution in [-0.2, 0) is 6.54 Å². The molecule has 1 fully saturated rings. The number of alkyl halides is 2. The summed E-state index contributed by atoms with van der Waals surface area (Å²) >= 11 is 1.74. The average molecular weight is 354 g/mol. The number of guanidine groups is 1. The van der Waals surface area contributed by atoms with Gasteiger partial charge in [-0.15, -0.1) is 11.3 Å². The van der Waals surface area contributed by atoms with E-state index in [-0.39, 0.29) is 6.54 Å². The van der Waals surface area contributed by atoms with E-state index in [4.69, 9.17) is 0 Å². The van der Waals surface area contributed by atoms with Crippen LogP contribution in [0, 0.1) is 0 Å². The number of aliphatic imine (C=N–C) groups is 1. The second-order valence-electron chi connectivity index (χ2n) is 5.35. The van der Waals surface area contributed by atoms with E-state index in [1.165, 1.54) is 17.4 Å². The Labute approximate surface area is 143 Å². The number of anilines is 1. The van der Waals surface area contributed by atoms with Gasteiger partial charge in [0.2, 0.25) is 0 Å². The van der Waals surface area contributed by atoms with Crippen LogP contribution in [0.3, 0.4) is 0 Å². The molecule has 0 aliphatic carbocycles. The number of hydrogen-bond acceptors (Lipinski definition) is 4. The lowest BCUT2D eigenvalue weighted by molar-refractivity contribution is 0.0668. The van der Waals surface area contributed by atoms with Crippen LogP contribution in [0.4, 0.5) is 13.8 Å². The summed E-state index contributed by atoms with van der Waals surface area (Å²) in [5.74, 6) is 1.01. The Kier molecular flexibility index (Phi) is 5.29. The van der Waals surface area contributed by atoms with E-state index >= 15 is 0 Å². The number of halogens is 2. The molecular weight excluding hydrogens is 334 g/mol. The number of imidazole rings is 1. The number of hydrogen-bond donors (Lipinski definition) is 1. The van der Waals surface area contributed by atoms with E-state index in [1.807, 2.05) is 0 Å². The Hall–Kier alpha value is -2.16. The van der Waals surface area contributed by atoms with Crippen molar-refractivity contribution in [2.24, 2.45) is 4.99 Å². The first-order chi connectivity index (χ1) is 11.7. The van der Waals surface area contributed by atoms with E-state index in [0.29, 0.717) is 11.8 Å². The number of nitrogens with zero attached hydrogens (tertiary/aromatic N) is 5. The molecule has 1 saturated heterocycles. The van der Waals surface area contributed by atoms with Crippen molar-refractivity contribution in [3.05, 3.63) is 35.7 Å².